The number of nitrogens with one attached hydrogen (secondary N) is 1. The second-order valence-electron chi connectivity index (χ2n) is 5.66. The summed E-state index contributed by atoms with van der Waals surface area (Å²) in [6.45, 7) is 5.65. The molecule has 1 fully saturated rings. The molecule has 1 aromatic carbocycles. The number of halogens is 2. The highest BCUT2D eigenvalue weighted by Gasteiger charge is 2.09. The van der Waals surface area contributed by atoms with Gasteiger partial charge in [-0.1, -0.05) is 12.1 Å². The lowest BCUT2D eigenvalue weighted by Crippen LogP contribution is -2.43. The molecule has 2 rings (SSSR count). The third kappa shape index (κ3) is 7.37. The predicted octanol–water partition coefficient (Wildman–Crippen LogP) is 2.82. The van der Waals surface area contributed by atoms with E-state index in [2.05, 4.69) is 53.5 Å². The molecule has 1 saturated heterocycles. The van der Waals surface area contributed by atoms with E-state index in [1.807, 2.05) is 0 Å². The number of rotatable bonds is 6. The van der Waals surface area contributed by atoms with Crippen molar-refractivity contribution < 1.29 is 0 Å². The second kappa shape index (κ2) is 11.1. The molecule has 5 heteroatoms. The van der Waals surface area contributed by atoms with Gasteiger partial charge in [-0.2, -0.15) is 0 Å². The highest BCUT2D eigenvalue weighted by molar-refractivity contribution is 5.85. The molecule has 0 aromatic heterocycles. The fraction of sp³-hybridized carbons (Fsp3) is 0.625. The summed E-state index contributed by atoms with van der Waals surface area (Å²) in [5, 5.41) is 3.39. The largest absolute Gasteiger partial charge is 0.369 e. The van der Waals surface area contributed by atoms with Crippen LogP contribution in [0, 0.1) is 0 Å². The number of hydrogen-bond acceptors (Lipinski definition) is 3. The summed E-state index contributed by atoms with van der Waals surface area (Å²) in [5.74, 6) is 0. The van der Waals surface area contributed by atoms with Crippen molar-refractivity contribution in [2.24, 2.45) is 0 Å². The van der Waals surface area contributed by atoms with E-state index < -0.39 is 0 Å². The number of benzene rings is 1. The average Bonchev–Trinajstić information content (AvgIpc) is 2.45. The molecular formula is C16H29Cl2N3. The Morgan fingerprint density at radius 2 is 1.62 bits per heavy atom. The average molecular weight is 334 g/mol. The molecule has 1 heterocycles. The molecule has 1 aromatic rings. The van der Waals surface area contributed by atoms with Gasteiger partial charge in [0, 0.05) is 31.9 Å². The minimum absolute atomic E-state index is 0. The first-order valence-electron chi connectivity index (χ1n) is 7.45. The Morgan fingerprint density at radius 1 is 1.00 bits per heavy atom. The molecule has 1 aliphatic rings. The molecule has 0 unspecified atom stereocenters. The molecule has 0 amide bonds. The van der Waals surface area contributed by atoms with E-state index >= 15 is 0 Å². The van der Waals surface area contributed by atoms with Gasteiger partial charge in [0.25, 0.3) is 0 Å². The van der Waals surface area contributed by atoms with Gasteiger partial charge in [-0.05, 0) is 57.6 Å². The summed E-state index contributed by atoms with van der Waals surface area (Å²) >= 11 is 0. The standard InChI is InChI=1S/C16H27N3.2ClH/c1-18(2)12-4-3-5-15-6-8-16(9-7-15)19-13-10-17-11-14-19;;/h6-9,17H,3-5,10-14H2,1-2H3;2*1H. The van der Waals surface area contributed by atoms with Gasteiger partial charge in [0.1, 0.15) is 0 Å². The van der Waals surface area contributed by atoms with Crippen LogP contribution in [-0.2, 0) is 6.42 Å². The van der Waals surface area contributed by atoms with Crippen LogP contribution in [-0.4, -0.2) is 51.7 Å². The summed E-state index contributed by atoms with van der Waals surface area (Å²) in [5.41, 5.74) is 2.84. The van der Waals surface area contributed by atoms with Crippen molar-refractivity contribution in [1.29, 1.82) is 0 Å². The van der Waals surface area contributed by atoms with Gasteiger partial charge >= 0.3 is 0 Å². The Hall–Kier alpha value is -0.480. The minimum atomic E-state index is 0. The van der Waals surface area contributed by atoms with Crippen molar-refractivity contribution in [2.45, 2.75) is 19.3 Å². The van der Waals surface area contributed by atoms with Crippen LogP contribution >= 0.6 is 24.8 Å². The maximum absolute atomic E-state index is 3.39. The zero-order chi connectivity index (χ0) is 13.5. The van der Waals surface area contributed by atoms with E-state index in [0.717, 1.165) is 26.2 Å². The lowest BCUT2D eigenvalue weighted by atomic mass is 10.1. The molecule has 3 nitrogen and oxygen atoms in total. The third-order valence-corrected chi connectivity index (χ3v) is 3.74. The van der Waals surface area contributed by atoms with Crippen molar-refractivity contribution in [1.82, 2.24) is 10.2 Å². The first-order chi connectivity index (χ1) is 9.25. The number of nitrogens with zero attached hydrogens (tertiary/aromatic N) is 2. The lowest BCUT2D eigenvalue weighted by molar-refractivity contribution is 0.394. The highest BCUT2D eigenvalue weighted by atomic mass is 35.5. The van der Waals surface area contributed by atoms with Gasteiger partial charge in [0.15, 0.2) is 0 Å². The molecule has 0 radical (unpaired) electrons. The van der Waals surface area contributed by atoms with Crippen LogP contribution < -0.4 is 10.2 Å². The van der Waals surface area contributed by atoms with Crippen LogP contribution in [0.5, 0.6) is 0 Å². The van der Waals surface area contributed by atoms with Crippen molar-refractivity contribution in [2.75, 3.05) is 51.7 Å². The topological polar surface area (TPSA) is 18.5 Å². The smallest absolute Gasteiger partial charge is 0.0367 e. The van der Waals surface area contributed by atoms with Gasteiger partial charge in [0.05, 0.1) is 0 Å². The molecular weight excluding hydrogens is 305 g/mol. The van der Waals surface area contributed by atoms with Crippen LogP contribution in [0.3, 0.4) is 0 Å². The quantitative estimate of drug-likeness (QED) is 0.807. The molecule has 21 heavy (non-hydrogen) atoms. The van der Waals surface area contributed by atoms with Crippen LogP contribution in [0.1, 0.15) is 18.4 Å². The van der Waals surface area contributed by atoms with Gasteiger partial charge in [0.2, 0.25) is 0 Å². The van der Waals surface area contributed by atoms with E-state index in [1.165, 1.54) is 37.1 Å². The van der Waals surface area contributed by atoms with Crippen LogP contribution in [0.25, 0.3) is 0 Å². The van der Waals surface area contributed by atoms with Gasteiger partial charge in [-0.15, -0.1) is 24.8 Å². The Labute approximate surface area is 141 Å². The number of hydrogen-bond donors (Lipinski definition) is 1. The summed E-state index contributed by atoms with van der Waals surface area (Å²) in [6, 6.07) is 9.17. The summed E-state index contributed by atoms with van der Waals surface area (Å²) in [7, 11) is 4.28. The van der Waals surface area contributed by atoms with Crippen LogP contribution in [0.15, 0.2) is 24.3 Å². The molecule has 122 valence electrons. The minimum Gasteiger partial charge on any atom is -0.369 e. The monoisotopic (exact) mass is 333 g/mol. The van der Waals surface area contributed by atoms with Gasteiger partial charge in [-0.3, -0.25) is 0 Å². The van der Waals surface area contributed by atoms with Crippen LogP contribution in [0.2, 0.25) is 0 Å². The van der Waals surface area contributed by atoms with E-state index in [-0.39, 0.29) is 24.8 Å². The number of anilines is 1. The molecule has 0 spiro atoms. The van der Waals surface area contributed by atoms with E-state index in [1.54, 1.807) is 0 Å². The zero-order valence-electron chi connectivity index (χ0n) is 13.2. The Morgan fingerprint density at radius 3 is 2.19 bits per heavy atom. The summed E-state index contributed by atoms with van der Waals surface area (Å²) < 4.78 is 0. The maximum Gasteiger partial charge on any atom is 0.0367 e. The Balaban J connectivity index is 0.00000200. The lowest BCUT2D eigenvalue weighted by Gasteiger charge is -2.29. The Kier molecular flexibility index (Phi) is 10.9. The van der Waals surface area contributed by atoms with E-state index in [0.29, 0.717) is 0 Å². The fourth-order valence-electron chi connectivity index (χ4n) is 2.55. The molecule has 0 atom stereocenters. The number of unbranched alkanes of at least 4 members (excludes halogenated alkanes) is 1. The van der Waals surface area contributed by atoms with Crippen molar-refractivity contribution in [3.8, 4) is 0 Å². The van der Waals surface area contributed by atoms with Gasteiger partial charge < -0.3 is 15.1 Å². The summed E-state index contributed by atoms with van der Waals surface area (Å²) in [6.07, 6.45) is 3.77. The van der Waals surface area contributed by atoms with E-state index in [9.17, 15) is 0 Å². The maximum atomic E-state index is 3.39. The molecule has 0 saturated carbocycles. The van der Waals surface area contributed by atoms with E-state index in [4.69, 9.17) is 0 Å². The number of aryl methyl sites for hydroxylation is 1. The fourth-order valence-corrected chi connectivity index (χ4v) is 2.55. The molecule has 0 aliphatic carbocycles. The van der Waals surface area contributed by atoms with Gasteiger partial charge in [-0.25, -0.2) is 0 Å². The first kappa shape index (κ1) is 20.5. The second-order valence-corrected chi connectivity index (χ2v) is 5.66. The normalized spacial score (nSPS) is 14.5. The van der Waals surface area contributed by atoms with Crippen molar-refractivity contribution in [3.63, 3.8) is 0 Å². The third-order valence-electron chi connectivity index (χ3n) is 3.74. The highest BCUT2D eigenvalue weighted by Crippen LogP contribution is 2.16. The molecule has 1 N–H and O–H groups in total. The van der Waals surface area contributed by atoms with Crippen molar-refractivity contribution in [3.05, 3.63) is 29.8 Å². The SMILES string of the molecule is CN(C)CCCCc1ccc(N2CCNCC2)cc1.Cl.Cl. The molecule has 0 bridgehead atoms. The van der Waals surface area contributed by atoms with Crippen LogP contribution in [0.4, 0.5) is 5.69 Å². The first-order valence-corrected chi connectivity index (χ1v) is 7.45. The predicted molar refractivity (Wildman–Crippen MR) is 97.5 cm³/mol. The van der Waals surface area contributed by atoms with Crippen molar-refractivity contribution >= 4 is 30.5 Å². The number of piperazine rings is 1. The molecule has 1 aliphatic heterocycles. The summed E-state index contributed by atoms with van der Waals surface area (Å²) in [4.78, 5) is 4.72. The zero-order valence-corrected chi connectivity index (χ0v) is 14.8. The Bertz CT molecular complexity index is 362.